The summed E-state index contributed by atoms with van der Waals surface area (Å²) in [5.74, 6) is -0.499. The van der Waals surface area contributed by atoms with Crippen molar-refractivity contribution in [2.24, 2.45) is 0 Å². The highest BCUT2D eigenvalue weighted by molar-refractivity contribution is 6.03. The molecule has 0 aromatic heterocycles. The largest absolute Gasteiger partial charge is 0.450 e. The van der Waals surface area contributed by atoms with Gasteiger partial charge in [0.1, 0.15) is 5.75 Å². The zero-order valence-electron chi connectivity index (χ0n) is 15.4. The molecule has 28 heavy (non-hydrogen) atoms. The Hall–Kier alpha value is -3.42. The summed E-state index contributed by atoms with van der Waals surface area (Å²) in [6.45, 7) is 0.704. The normalized spacial score (nSPS) is 10.8. The number of para-hydroxylation sites is 1. The van der Waals surface area contributed by atoms with E-state index in [1.54, 1.807) is 50.2 Å². The monoisotopic (exact) mass is 390 g/mol. The number of hydrogen-bond acceptors (Lipinski definition) is 4. The minimum Gasteiger partial charge on any atom is -0.450 e. The molecule has 2 N–H and O–H groups in total. The van der Waals surface area contributed by atoms with Crippen molar-refractivity contribution in [2.45, 2.75) is 20.5 Å². The van der Waals surface area contributed by atoms with Crippen LogP contribution in [0.5, 0.6) is 5.75 Å². The average molecular weight is 390 g/mol. The van der Waals surface area contributed by atoms with Crippen molar-refractivity contribution in [3.8, 4) is 5.75 Å². The number of amides is 2. The van der Waals surface area contributed by atoms with Crippen LogP contribution in [0.2, 0.25) is 0 Å². The van der Waals surface area contributed by atoms with Gasteiger partial charge in [0.15, 0.2) is 0 Å². The number of hydrogen-bond donors (Lipinski definition) is 2. The van der Waals surface area contributed by atoms with Crippen molar-refractivity contribution in [1.82, 2.24) is 0 Å². The second kappa shape index (κ2) is 10.1. The molecule has 2 amide bonds. The molecule has 0 heterocycles. The molecule has 0 saturated heterocycles. The zero-order valence-corrected chi connectivity index (χ0v) is 15.4. The number of alkyl halides is 2. The first-order chi connectivity index (χ1) is 13.4. The third kappa shape index (κ3) is 6.08. The van der Waals surface area contributed by atoms with Gasteiger partial charge in [0.25, 0.3) is 0 Å². The third-order valence-corrected chi connectivity index (χ3v) is 3.65. The lowest BCUT2D eigenvalue weighted by molar-refractivity contribution is -0.111. The van der Waals surface area contributed by atoms with Crippen molar-refractivity contribution < 1.29 is 27.8 Å². The quantitative estimate of drug-likeness (QED) is 0.665. The maximum Gasteiger partial charge on any atom is 0.411 e. The number of ether oxygens (including phenoxy) is 2. The number of halogens is 2. The van der Waals surface area contributed by atoms with E-state index >= 15 is 0 Å². The second-order valence-electron chi connectivity index (χ2n) is 5.56. The molecule has 0 aliphatic carbocycles. The number of benzene rings is 2. The number of carbonyl (C=O) groups is 2. The van der Waals surface area contributed by atoms with Gasteiger partial charge in [0.05, 0.1) is 6.61 Å². The van der Waals surface area contributed by atoms with Gasteiger partial charge in [0, 0.05) is 23.0 Å². The van der Waals surface area contributed by atoms with Crippen molar-refractivity contribution in [2.75, 3.05) is 17.2 Å². The first kappa shape index (κ1) is 20.9. The Morgan fingerprint density at radius 2 is 1.75 bits per heavy atom. The van der Waals surface area contributed by atoms with Crippen LogP contribution in [0.4, 0.5) is 25.0 Å². The topological polar surface area (TPSA) is 76.7 Å². The van der Waals surface area contributed by atoms with E-state index in [9.17, 15) is 18.4 Å². The molecule has 0 atom stereocenters. The standard InChI is InChI=1S/C20H20F2N2O4/c1-3-27-20(26)24-16-9-6-8-15(13(16)2)23-18(25)12-11-14-7-4-5-10-17(14)28-19(21)22/h4-12,19H,3H2,1-2H3,(H,23,25)(H,24,26). The molecule has 0 fully saturated rings. The van der Waals surface area contributed by atoms with Crippen LogP contribution in [0.3, 0.4) is 0 Å². The van der Waals surface area contributed by atoms with Crippen LogP contribution in [0.25, 0.3) is 6.08 Å². The van der Waals surface area contributed by atoms with Gasteiger partial charge < -0.3 is 14.8 Å². The maximum atomic E-state index is 12.4. The lowest BCUT2D eigenvalue weighted by atomic mass is 10.1. The molecule has 8 heteroatoms. The summed E-state index contributed by atoms with van der Waals surface area (Å²) in [7, 11) is 0. The molecule has 0 unspecified atom stereocenters. The Labute approximate surface area is 161 Å². The first-order valence-corrected chi connectivity index (χ1v) is 8.47. The van der Waals surface area contributed by atoms with Gasteiger partial charge in [-0.05, 0) is 43.7 Å². The van der Waals surface area contributed by atoms with E-state index in [0.29, 0.717) is 22.5 Å². The highest BCUT2D eigenvalue weighted by Gasteiger charge is 2.10. The third-order valence-electron chi connectivity index (χ3n) is 3.65. The average Bonchev–Trinajstić information content (AvgIpc) is 2.64. The van der Waals surface area contributed by atoms with Gasteiger partial charge in [-0.3, -0.25) is 10.1 Å². The molecule has 6 nitrogen and oxygen atoms in total. The van der Waals surface area contributed by atoms with E-state index in [1.807, 2.05) is 0 Å². The van der Waals surface area contributed by atoms with Crippen molar-refractivity contribution >= 4 is 29.5 Å². The summed E-state index contributed by atoms with van der Waals surface area (Å²) in [6, 6.07) is 11.2. The fourth-order valence-corrected chi connectivity index (χ4v) is 2.35. The highest BCUT2D eigenvalue weighted by atomic mass is 19.3. The van der Waals surface area contributed by atoms with Gasteiger partial charge in [-0.2, -0.15) is 8.78 Å². The second-order valence-corrected chi connectivity index (χ2v) is 5.56. The van der Waals surface area contributed by atoms with Crippen LogP contribution in [0, 0.1) is 6.92 Å². The Kier molecular flexibility index (Phi) is 7.50. The van der Waals surface area contributed by atoms with Gasteiger partial charge in [-0.25, -0.2) is 4.79 Å². The van der Waals surface area contributed by atoms with E-state index in [-0.39, 0.29) is 12.4 Å². The van der Waals surface area contributed by atoms with Crippen molar-refractivity contribution in [1.29, 1.82) is 0 Å². The molecule has 0 aliphatic heterocycles. The van der Waals surface area contributed by atoms with E-state index < -0.39 is 18.6 Å². The predicted molar refractivity (Wildman–Crippen MR) is 103 cm³/mol. The molecule has 0 aliphatic rings. The molecule has 2 aromatic rings. The number of carbonyl (C=O) groups excluding carboxylic acids is 2. The van der Waals surface area contributed by atoms with Gasteiger partial charge in [-0.15, -0.1) is 0 Å². The SMILES string of the molecule is CCOC(=O)Nc1cccc(NC(=O)C=Cc2ccccc2OC(F)F)c1C. The van der Waals surface area contributed by atoms with Crippen molar-refractivity contribution in [3.05, 3.63) is 59.7 Å². The molecular formula is C20H20F2N2O4. The Morgan fingerprint density at radius 1 is 1.07 bits per heavy atom. The maximum absolute atomic E-state index is 12.4. The fourth-order valence-electron chi connectivity index (χ4n) is 2.35. The van der Waals surface area contributed by atoms with Gasteiger partial charge >= 0.3 is 12.7 Å². The number of anilines is 2. The molecule has 0 spiro atoms. The molecule has 0 bridgehead atoms. The van der Waals surface area contributed by atoms with Crippen molar-refractivity contribution in [3.63, 3.8) is 0 Å². The van der Waals surface area contributed by atoms with Gasteiger partial charge in [-0.1, -0.05) is 24.3 Å². The highest BCUT2D eigenvalue weighted by Crippen LogP contribution is 2.24. The molecule has 148 valence electrons. The lowest BCUT2D eigenvalue weighted by Gasteiger charge is -2.12. The lowest BCUT2D eigenvalue weighted by Crippen LogP contribution is -2.15. The predicted octanol–water partition coefficient (Wildman–Crippen LogP) is 4.82. The summed E-state index contributed by atoms with van der Waals surface area (Å²) < 4.78 is 34.1. The van der Waals surface area contributed by atoms with E-state index in [1.165, 1.54) is 18.2 Å². The van der Waals surface area contributed by atoms with Crippen LogP contribution in [0.1, 0.15) is 18.1 Å². The number of rotatable bonds is 7. The molecule has 2 rings (SSSR count). The van der Waals surface area contributed by atoms with Gasteiger partial charge in [0.2, 0.25) is 5.91 Å². The Balaban J connectivity index is 2.09. The van der Waals surface area contributed by atoms with E-state index in [0.717, 1.165) is 0 Å². The van der Waals surface area contributed by atoms with E-state index in [2.05, 4.69) is 15.4 Å². The molecule has 0 saturated carbocycles. The minimum absolute atomic E-state index is 0.0293. The Morgan fingerprint density at radius 3 is 2.43 bits per heavy atom. The van der Waals surface area contributed by atoms with E-state index in [4.69, 9.17) is 4.74 Å². The van der Waals surface area contributed by atoms with Crippen LogP contribution in [-0.2, 0) is 9.53 Å². The smallest absolute Gasteiger partial charge is 0.411 e. The molecule has 0 radical (unpaired) electrons. The summed E-state index contributed by atoms with van der Waals surface area (Å²) >= 11 is 0. The summed E-state index contributed by atoms with van der Waals surface area (Å²) in [5.41, 5.74) is 1.96. The van der Waals surface area contributed by atoms with Crippen LogP contribution >= 0.6 is 0 Å². The zero-order chi connectivity index (χ0) is 20.5. The summed E-state index contributed by atoms with van der Waals surface area (Å²) in [4.78, 5) is 23.8. The Bertz CT molecular complexity index is 869. The molecular weight excluding hydrogens is 370 g/mol. The molecule has 2 aromatic carbocycles. The summed E-state index contributed by atoms with van der Waals surface area (Å²) in [6.07, 6.45) is 1.99. The number of nitrogens with one attached hydrogen (secondary N) is 2. The first-order valence-electron chi connectivity index (χ1n) is 8.47. The summed E-state index contributed by atoms with van der Waals surface area (Å²) in [5, 5.41) is 5.27. The van der Waals surface area contributed by atoms with Crippen LogP contribution in [-0.4, -0.2) is 25.2 Å². The minimum atomic E-state index is -2.96. The van der Waals surface area contributed by atoms with Crippen LogP contribution < -0.4 is 15.4 Å². The fraction of sp³-hybridized carbons (Fsp3) is 0.200. The van der Waals surface area contributed by atoms with Crippen LogP contribution in [0.15, 0.2) is 48.5 Å².